The van der Waals surface area contributed by atoms with Gasteiger partial charge in [-0.15, -0.1) is 11.8 Å². The molecule has 0 saturated carbocycles. The molecule has 2 fully saturated rings. The standard InChI is InChI=1S/C44H61O6PS/c1-25-18-17-19-26(2)38(25)52-24-33-36(37-39(45-33)47-44(15,16)46-37)50-51-48-34-29(20-27(40(3,4)5)22-31(34)42(9,10)11)30-21-28(41(6,7)8)23-32(35(30)49-51)43(12,13)14/h17-23,33,36-37,39H,24H2,1-16H3/t33-,36-,37-,39-/m1/s1. The van der Waals surface area contributed by atoms with Gasteiger partial charge in [-0.2, -0.15) is 0 Å². The van der Waals surface area contributed by atoms with Crippen LogP contribution < -0.4 is 4.52 Å². The van der Waals surface area contributed by atoms with Gasteiger partial charge in [0.1, 0.15) is 29.5 Å². The van der Waals surface area contributed by atoms with E-state index in [0.717, 1.165) is 33.1 Å². The lowest BCUT2D eigenvalue weighted by molar-refractivity contribution is -0.209. The molecule has 2 aliphatic rings. The molecule has 2 saturated heterocycles. The summed E-state index contributed by atoms with van der Waals surface area (Å²) in [5.41, 5.74) is 8.30. The second-order valence-corrected chi connectivity index (χ2v) is 21.5. The summed E-state index contributed by atoms with van der Waals surface area (Å²) in [5, 5.41) is 2.09. The Morgan fingerprint density at radius 2 is 1.17 bits per heavy atom. The number of aryl methyl sites for hydroxylation is 2. The Kier molecular flexibility index (Phi) is 10.2. The third-order valence-corrected chi connectivity index (χ3v) is 12.8. The monoisotopic (exact) mass is 748 g/mol. The number of benzene rings is 3. The molecule has 0 amide bonds. The van der Waals surface area contributed by atoms with Crippen LogP contribution >= 0.6 is 20.0 Å². The van der Waals surface area contributed by atoms with Crippen molar-refractivity contribution in [3.8, 4) is 0 Å². The molecule has 2 aliphatic heterocycles. The minimum absolute atomic E-state index is 0.0821. The van der Waals surface area contributed by atoms with Crippen molar-refractivity contribution in [2.24, 2.45) is 0 Å². The van der Waals surface area contributed by atoms with Gasteiger partial charge in [0.15, 0.2) is 12.1 Å². The van der Waals surface area contributed by atoms with Crippen LogP contribution in [0.5, 0.6) is 0 Å². The van der Waals surface area contributed by atoms with Crippen molar-refractivity contribution in [1.29, 1.82) is 0 Å². The molecular formula is C44H61O6PS. The number of rotatable bonds is 5. The molecular weight excluding hydrogens is 688 g/mol. The van der Waals surface area contributed by atoms with E-state index in [-0.39, 0.29) is 27.8 Å². The molecule has 0 unspecified atom stereocenters. The van der Waals surface area contributed by atoms with E-state index in [9.17, 15) is 0 Å². The maximum absolute atomic E-state index is 7.13. The lowest BCUT2D eigenvalue weighted by Crippen LogP contribution is -2.39. The molecule has 6 nitrogen and oxygen atoms in total. The maximum atomic E-state index is 7.13. The van der Waals surface area contributed by atoms with Crippen molar-refractivity contribution in [3.63, 3.8) is 0 Å². The number of hydrogen-bond donors (Lipinski definition) is 0. The Bertz CT molecular complexity index is 1900. The van der Waals surface area contributed by atoms with Gasteiger partial charge in [0.2, 0.25) is 0 Å². The third-order valence-electron chi connectivity index (χ3n) is 10.2. The molecule has 0 aliphatic carbocycles. The van der Waals surface area contributed by atoms with Crippen LogP contribution in [-0.2, 0) is 35.9 Å². The average Bonchev–Trinajstić information content (AvgIpc) is 3.38. The molecule has 3 heterocycles. The fourth-order valence-electron chi connectivity index (χ4n) is 7.15. The summed E-state index contributed by atoms with van der Waals surface area (Å²) in [4.78, 5) is 1.26. The first-order chi connectivity index (χ1) is 23.8. The van der Waals surface area contributed by atoms with Crippen molar-refractivity contribution in [3.05, 3.63) is 75.8 Å². The summed E-state index contributed by atoms with van der Waals surface area (Å²) >= 11 is 1.79. The molecule has 4 aromatic rings. The van der Waals surface area contributed by atoms with Gasteiger partial charge in [0, 0.05) is 32.5 Å². The fourth-order valence-corrected chi connectivity index (χ4v) is 9.61. The first kappa shape index (κ1) is 39.4. The topological polar surface area (TPSA) is 63.2 Å². The number of ether oxygens (including phenoxy) is 3. The highest BCUT2D eigenvalue weighted by Crippen LogP contribution is 2.48. The summed E-state index contributed by atoms with van der Waals surface area (Å²) in [7, 11) is -1.97. The van der Waals surface area contributed by atoms with Gasteiger partial charge in [-0.05, 0) is 83.7 Å². The normalized spacial score (nSPS) is 22.4. The van der Waals surface area contributed by atoms with E-state index >= 15 is 0 Å². The zero-order valence-electron chi connectivity index (χ0n) is 34.4. The quantitative estimate of drug-likeness (QED) is 0.188. The van der Waals surface area contributed by atoms with Crippen LogP contribution in [0, 0.1) is 13.8 Å². The van der Waals surface area contributed by atoms with Crippen molar-refractivity contribution in [1.82, 2.24) is 0 Å². The fraction of sp³-hybridized carbons (Fsp3) is 0.591. The molecule has 0 spiro atoms. The highest BCUT2D eigenvalue weighted by molar-refractivity contribution is 7.99. The van der Waals surface area contributed by atoms with Gasteiger partial charge in [0.05, 0.1) is 0 Å². The molecule has 52 heavy (non-hydrogen) atoms. The molecule has 4 atom stereocenters. The highest BCUT2D eigenvalue weighted by Gasteiger charge is 2.56. The molecule has 0 bridgehead atoms. The highest BCUT2D eigenvalue weighted by atomic mass is 32.2. The lowest BCUT2D eigenvalue weighted by Gasteiger charge is -2.27. The van der Waals surface area contributed by atoms with E-state index < -0.39 is 32.5 Å². The van der Waals surface area contributed by atoms with E-state index in [0.29, 0.717) is 5.75 Å². The van der Waals surface area contributed by atoms with Crippen LogP contribution in [0.25, 0.3) is 21.9 Å². The minimum Gasteiger partial charge on any atom is -0.399 e. The molecule has 6 rings (SSSR count). The summed E-state index contributed by atoms with van der Waals surface area (Å²) in [6.45, 7) is 35.3. The average molecular weight is 749 g/mol. The van der Waals surface area contributed by atoms with Gasteiger partial charge in [-0.1, -0.05) is 113 Å². The molecule has 284 valence electrons. The maximum Gasteiger partial charge on any atom is 0.387 e. The predicted molar refractivity (Wildman–Crippen MR) is 217 cm³/mol. The van der Waals surface area contributed by atoms with Crippen LogP contribution in [0.15, 0.2) is 55.8 Å². The Labute approximate surface area is 317 Å². The third kappa shape index (κ3) is 7.93. The predicted octanol–water partition coefficient (Wildman–Crippen LogP) is 12.6. The Morgan fingerprint density at radius 3 is 1.62 bits per heavy atom. The smallest absolute Gasteiger partial charge is 0.387 e. The van der Waals surface area contributed by atoms with Gasteiger partial charge < -0.3 is 22.6 Å². The summed E-state index contributed by atoms with van der Waals surface area (Å²) in [6, 6.07) is 15.7. The zero-order chi connectivity index (χ0) is 38.3. The summed E-state index contributed by atoms with van der Waals surface area (Å²) in [5.74, 6) is -0.137. The Balaban J connectivity index is 1.61. The number of thioether (sulfide) groups is 1. The molecule has 0 N–H and O–H groups in total. The number of hydrogen-bond acceptors (Lipinski definition) is 7. The molecule has 3 aromatic carbocycles. The summed E-state index contributed by atoms with van der Waals surface area (Å²) < 4.78 is 40.8. The van der Waals surface area contributed by atoms with E-state index in [2.05, 4.69) is 139 Å². The molecule has 1 aromatic heterocycles. The Morgan fingerprint density at radius 1 is 0.692 bits per heavy atom. The first-order valence-corrected chi connectivity index (χ1v) is 20.8. The first-order valence-electron chi connectivity index (χ1n) is 18.7. The van der Waals surface area contributed by atoms with Crippen LogP contribution in [0.1, 0.15) is 130 Å². The van der Waals surface area contributed by atoms with E-state index in [1.165, 1.54) is 27.1 Å². The number of fused-ring (bicyclic) bond motifs is 4. The van der Waals surface area contributed by atoms with Gasteiger partial charge in [-0.25, -0.2) is 0 Å². The van der Waals surface area contributed by atoms with Crippen molar-refractivity contribution in [2.75, 3.05) is 5.75 Å². The van der Waals surface area contributed by atoms with Crippen LogP contribution in [0.2, 0.25) is 0 Å². The van der Waals surface area contributed by atoms with Crippen molar-refractivity contribution < 1.29 is 27.1 Å². The summed E-state index contributed by atoms with van der Waals surface area (Å²) in [6.07, 6.45) is -1.79. The van der Waals surface area contributed by atoms with Gasteiger partial charge in [-0.3, -0.25) is 4.52 Å². The molecule has 8 heteroatoms. The van der Waals surface area contributed by atoms with E-state index in [1.54, 1.807) is 11.8 Å². The molecule has 0 radical (unpaired) electrons. The van der Waals surface area contributed by atoms with E-state index in [1.807, 2.05) is 13.8 Å². The zero-order valence-corrected chi connectivity index (χ0v) is 36.1. The van der Waals surface area contributed by atoms with Crippen LogP contribution in [0.3, 0.4) is 0 Å². The van der Waals surface area contributed by atoms with Gasteiger partial charge >= 0.3 is 8.24 Å². The second kappa shape index (κ2) is 13.5. The lowest BCUT2D eigenvalue weighted by atomic mass is 9.77. The second-order valence-electron chi connectivity index (χ2n) is 19.5. The van der Waals surface area contributed by atoms with Crippen LogP contribution in [-0.4, -0.2) is 36.1 Å². The van der Waals surface area contributed by atoms with E-state index in [4.69, 9.17) is 27.1 Å². The Hall–Kier alpha value is -2.25. The minimum atomic E-state index is -1.97. The largest absolute Gasteiger partial charge is 0.399 e. The van der Waals surface area contributed by atoms with Crippen LogP contribution in [0.4, 0.5) is 0 Å². The van der Waals surface area contributed by atoms with Crippen molar-refractivity contribution in [2.45, 2.75) is 168 Å². The van der Waals surface area contributed by atoms with Gasteiger partial charge in [0.25, 0.3) is 0 Å². The SMILES string of the molecule is Cc1cccc(C)c1SC[C@H]1O[C@@H]2OC(C)(C)O[C@@H]2[C@@H]1Op1oc2c(C(C)(C)C)cc(C(C)(C)C)cc2c2cc(C(C)(C)C)cc(C(C)(C)C)c2o1. The van der Waals surface area contributed by atoms with Crippen molar-refractivity contribution >= 4 is 41.9 Å².